The van der Waals surface area contributed by atoms with Crippen LogP contribution in [-0.4, -0.2) is 19.4 Å². The van der Waals surface area contributed by atoms with Crippen LogP contribution in [0.5, 0.6) is 0 Å². The smallest absolute Gasteiger partial charge is 0.168 e. The van der Waals surface area contributed by atoms with E-state index in [1.807, 2.05) is 0 Å². The fraction of sp³-hybridized carbons (Fsp3) is 0.364. The number of carbonyl (C=O) groups excluding carboxylic acids is 1. The van der Waals surface area contributed by atoms with E-state index in [-0.39, 0.29) is 10.9 Å². The Morgan fingerprint density at radius 3 is 2.75 bits per heavy atom. The molecule has 0 bridgehead atoms. The van der Waals surface area contributed by atoms with Crippen molar-refractivity contribution in [1.29, 1.82) is 0 Å². The molecule has 0 spiro atoms. The molecular weight excluding hydrogens is 280 g/mol. The molecule has 0 unspecified atom stereocenters. The van der Waals surface area contributed by atoms with Crippen molar-refractivity contribution >= 4 is 21.7 Å². The second kappa shape index (κ2) is 6.06. The van der Waals surface area contributed by atoms with Gasteiger partial charge < -0.3 is 5.32 Å². The van der Waals surface area contributed by atoms with Gasteiger partial charge in [0.25, 0.3) is 0 Å². The third-order valence-corrected chi connectivity index (χ3v) is 2.77. The minimum absolute atomic E-state index is 0.103. The van der Waals surface area contributed by atoms with E-state index < -0.39 is 23.0 Å². The van der Waals surface area contributed by atoms with Gasteiger partial charge >= 0.3 is 0 Å². The molecule has 0 atom stereocenters. The second-order valence-corrected chi connectivity index (χ2v) is 4.20. The Morgan fingerprint density at radius 2 is 2.12 bits per heavy atom. The van der Waals surface area contributed by atoms with Gasteiger partial charge in [0.05, 0.1) is 10.0 Å². The van der Waals surface area contributed by atoms with Crippen molar-refractivity contribution in [2.75, 3.05) is 13.6 Å². The molecule has 0 radical (unpaired) electrons. The van der Waals surface area contributed by atoms with Crippen LogP contribution in [0.2, 0.25) is 0 Å². The van der Waals surface area contributed by atoms with Crippen LogP contribution >= 0.6 is 15.9 Å². The monoisotopic (exact) mass is 291 g/mol. The number of halogens is 3. The van der Waals surface area contributed by atoms with Crippen LogP contribution in [0.1, 0.15) is 23.2 Å². The highest BCUT2D eigenvalue weighted by Gasteiger charge is 2.18. The zero-order chi connectivity index (χ0) is 12.1. The maximum absolute atomic E-state index is 13.5. The lowest BCUT2D eigenvalue weighted by atomic mass is 10.1. The topological polar surface area (TPSA) is 29.1 Å². The fourth-order valence-corrected chi connectivity index (χ4v) is 1.66. The first-order valence-corrected chi connectivity index (χ1v) is 5.68. The summed E-state index contributed by atoms with van der Waals surface area (Å²) in [5, 5.41) is 2.87. The van der Waals surface area contributed by atoms with Crippen molar-refractivity contribution in [1.82, 2.24) is 5.32 Å². The lowest BCUT2D eigenvalue weighted by molar-refractivity contribution is 0.0972. The Bertz CT molecular complexity index is 396. The summed E-state index contributed by atoms with van der Waals surface area (Å²) in [6, 6.07) is 2.33. The molecule has 16 heavy (non-hydrogen) atoms. The van der Waals surface area contributed by atoms with Crippen molar-refractivity contribution in [3.05, 3.63) is 33.8 Å². The lowest BCUT2D eigenvalue weighted by Gasteiger charge is -2.05. The molecule has 0 saturated carbocycles. The third-order valence-electron chi connectivity index (χ3n) is 2.15. The van der Waals surface area contributed by atoms with Crippen LogP contribution < -0.4 is 5.32 Å². The molecule has 0 heterocycles. The molecule has 5 heteroatoms. The van der Waals surface area contributed by atoms with E-state index in [0.29, 0.717) is 13.0 Å². The van der Waals surface area contributed by atoms with Crippen molar-refractivity contribution in [2.45, 2.75) is 12.8 Å². The van der Waals surface area contributed by atoms with Crippen LogP contribution in [0.25, 0.3) is 0 Å². The molecule has 1 aromatic carbocycles. The minimum Gasteiger partial charge on any atom is -0.320 e. The van der Waals surface area contributed by atoms with Gasteiger partial charge in [0.15, 0.2) is 11.6 Å². The number of hydrogen-bond donors (Lipinski definition) is 1. The molecule has 0 saturated heterocycles. The average molecular weight is 292 g/mol. The maximum atomic E-state index is 13.5. The van der Waals surface area contributed by atoms with Crippen molar-refractivity contribution in [3.8, 4) is 0 Å². The van der Waals surface area contributed by atoms with Crippen molar-refractivity contribution < 1.29 is 13.6 Å². The van der Waals surface area contributed by atoms with E-state index in [1.54, 1.807) is 7.05 Å². The normalized spacial score (nSPS) is 10.5. The van der Waals surface area contributed by atoms with E-state index in [2.05, 4.69) is 21.2 Å². The molecule has 0 aliphatic rings. The summed E-state index contributed by atoms with van der Waals surface area (Å²) >= 11 is 2.92. The molecule has 1 rings (SSSR count). The van der Waals surface area contributed by atoms with Gasteiger partial charge in [0.2, 0.25) is 0 Å². The van der Waals surface area contributed by atoms with E-state index in [0.717, 1.165) is 6.07 Å². The quantitative estimate of drug-likeness (QED) is 0.513. The van der Waals surface area contributed by atoms with Gasteiger partial charge in [0, 0.05) is 6.42 Å². The summed E-state index contributed by atoms with van der Waals surface area (Å²) in [6.45, 7) is 0.642. The fourth-order valence-electron chi connectivity index (χ4n) is 1.33. The first-order valence-electron chi connectivity index (χ1n) is 4.89. The predicted molar refractivity (Wildman–Crippen MR) is 61.5 cm³/mol. The van der Waals surface area contributed by atoms with Crippen LogP contribution in [0.3, 0.4) is 0 Å². The largest absolute Gasteiger partial charge is 0.320 e. The number of benzene rings is 1. The molecule has 88 valence electrons. The van der Waals surface area contributed by atoms with Crippen molar-refractivity contribution in [3.63, 3.8) is 0 Å². The highest BCUT2D eigenvalue weighted by molar-refractivity contribution is 9.10. The van der Waals surface area contributed by atoms with E-state index >= 15 is 0 Å². The van der Waals surface area contributed by atoms with E-state index in [9.17, 15) is 13.6 Å². The molecule has 0 aliphatic carbocycles. The van der Waals surface area contributed by atoms with Crippen molar-refractivity contribution in [2.24, 2.45) is 0 Å². The zero-order valence-corrected chi connectivity index (χ0v) is 10.4. The van der Waals surface area contributed by atoms with Crippen LogP contribution in [0, 0.1) is 11.6 Å². The summed E-state index contributed by atoms with van der Waals surface area (Å²) in [5.74, 6) is -2.14. The number of nitrogens with one attached hydrogen (secondary N) is 1. The first kappa shape index (κ1) is 13.3. The Morgan fingerprint density at radius 1 is 1.44 bits per heavy atom. The standard InChI is InChI=1S/C11H12BrF2NO/c1-15-6-2-3-9(16)10-8(13)5-4-7(12)11(10)14/h4-5,15H,2-3,6H2,1H3. The highest BCUT2D eigenvalue weighted by atomic mass is 79.9. The molecule has 2 nitrogen and oxygen atoms in total. The van der Waals surface area contributed by atoms with Crippen LogP contribution in [0.15, 0.2) is 16.6 Å². The van der Waals surface area contributed by atoms with Gasteiger partial charge in [-0.25, -0.2) is 8.78 Å². The Kier molecular flexibility index (Phi) is 5.02. The second-order valence-electron chi connectivity index (χ2n) is 3.35. The minimum atomic E-state index is -0.825. The molecule has 0 fully saturated rings. The van der Waals surface area contributed by atoms with Gasteiger partial charge in [0.1, 0.15) is 5.82 Å². The Balaban J connectivity index is 2.86. The SMILES string of the molecule is CNCCCC(=O)c1c(F)ccc(Br)c1F. The summed E-state index contributed by atoms with van der Waals surface area (Å²) in [7, 11) is 1.75. The van der Waals surface area contributed by atoms with Gasteiger partial charge in [-0.2, -0.15) is 0 Å². The Hall–Kier alpha value is -0.810. The van der Waals surface area contributed by atoms with Crippen LogP contribution in [-0.2, 0) is 0 Å². The summed E-state index contributed by atoms with van der Waals surface area (Å²) < 4.78 is 26.9. The summed E-state index contributed by atoms with van der Waals surface area (Å²) in [4.78, 5) is 11.6. The maximum Gasteiger partial charge on any atom is 0.168 e. The third kappa shape index (κ3) is 3.09. The van der Waals surface area contributed by atoms with E-state index in [1.165, 1.54) is 6.07 Å². The number of hydrogen-bond acceptors (Lipinski definition) is 2. The summed E-state index contributed by atoms with van der Waals surface area (Å²) in [5.41, 5.74) is -0.453. The van der Waals surface area contributed by atoms with Gasteiger partial charge in [-0.15, -0.1) is 0 Å². The molecule has 0 aliphatic heterocycles. The van der Waals surface area contributed by atoms with E-state index in [4.69, 9.17) is 0 Å². The highest BCUT2D eigenvalue weighted by Crippen LogP contribution is 2.22. The summed E-state index contributed by atoms with van der Waals surface area (Å²) in [6.07, 6.45) is 0.686. The van der Waals surface area contributed by atoms with Crippen LogP contribution in [0.4, 0.5) is 8.78 Å². The lowest BCUT2D eigenvalue weighted by Crippen LogP contribution is -2.12. The number of ketones is 1. The molecule has 1 N–H and O–H groups in total. The molecular formula is C11H12BrF2NO. The average Bonchev–Trinajstić information content (AvgIpc) is 2.24. The molecule has 0 amide bonds. The predicted octanol–water partition coefficient (Wildman–Crippen LogP) is 2.91. The number of rotatable bonds is 5. The molecule has 0 aromatic heterocycles. The van der Waals surface area contributed by atoms with Gasteiger partial charge in [-0.3, -0.25) is 4.79 Å². The zero-order valence-electron chi connectivity index (χ0n) is 8.82. The van der Waals surface area contributed by atoms with Gasteiger partial charge in [-0.1, -0.05) is 0 Å². The molecule has 1 aromatic rings. The van der Waals surface area contributed by atoms with Gasteiger partial charge in [-0.05, 0) is 48.1 Å². The Labute approximate surface area is 101 Å². The number of carbonyl (C=O) groups is 1. The number of Topliss-reactive ketones (excluding diaryl/α,β-unsaturated/α-hetero) is 1. The first-order chi connectivity index (χ1) is 7.57.